The SMILES string of the molecule is CN1CCC1.COc1ccc(C)c(C(=O)NC2(c3cccc4nc(OC)ccc34)CC2)c1. The lowest BCUT2D eigenvalue weighted by Crippen LogP contribution is -2.35. The maximum atomic E-state index is 13.0. The monoisotopic (exact) mass is 433 g/mol. The second-order valence-corrected chi connectivity index (χ2v) is 8.60. The molecule has 0 atom stereocenters. The number of fused-ring (bicyclic) bond motifs is 1. The van der Waals surface area contributed by atoms with E-state index in [1.165, 1.54) is 19.5 Å². The molecule has 1 amide bonds. The van der Waals surface area contributed by atoms with Gasteiger partial charge < -0.3 is 19.7 Å². The predicted molar refractivity (Wildman–Crippen MR) is 127 cm³/mol. The highest BCUT2D eigenvalue weighted by Gasteiger charge is 2.46. The van der Waals surface area contributed by atoms with Crippen molar-refractivity contribution >= 4 is 16.8 Å². The zero-order valence-corrected chi connectivity index (χ0v) is 19.3. The van der Waals surface area contributed by atoms with Crippen molar-refractivity contribution in [3.05, 3.63) is 65.2 Å². The fourth-order valence-corrected chi connectivity index (χ4v) is 3.99. The summed E-state index contributed by atoms with van der Waals surface area (Å²) >= 11 is 0. The number of rotatable bonds is 5. The van der Waals surface area contributed by atoms with Gasteiger partial charge in [0, 0.05) is 17.0 Å². The largest absolute Gasteiger partial charge is 0.497 e. The van der Waals surface area contributed by atoms with Gasteiger partial charge in [0.05, 0.1) is 25.3 Å². The van der Waals surface area contributed by atoms with Gasteiger partial charge in [-0.1, -0.05) is 18.2 Å². The summed E-state index contributed by atoms with van der Waals surface area (Å²) < 4.78 is 10.5. The van der Waals surface area contributed by atoms with Crippen molar-refractivity contribution in [2.45, 2.75) is 31.7 Å². The third-order valence-electron chi connectivity index (χ3n) is 6.30. The van der Waals surface area contributed by atoms with E-state index < -0.39 is 0 Å². The van der Waals surface area contributed by atoms with Crippen molar-refractivity contribution in [1.82, 2.24) is 15.2 Å². The zero-order chi connectivity index (χ0) is 22.7. The second kappa shape index (κ2) is 9.17. The Kier molecular flexibility index (Phi) is 6.33. The Balaban J connectivity index is 0.000000433. The lowest BCUT2D eigenvalue weighted by molar-refractivity contribution is 0.0930. The van der Waals surface area contributed by atoms with E-state index in [0.29, 0.717) is 17.2 Å². The molecule has 1 aromatic heterocycles. The number of hydrogen-bond acceptors (Lipinski definition) is 5. The predicted octanol–water partition coefficient (Wildman–Crippen LogP) is 4.30. The molecule has 1 aliphatic heterocycles. The Hall–Kier alpha value is -3.12. The average molecular weight is 434 g/mol. The molecule has 1 saturated heterocycles. The number of ether oxygens (including phenoxy) is 2. The molecule has 2 aromatic carbocycles. The van der Waals surface area contributed by atoms with Gasteiger partial charge in [0.25, 0.3) is 5.91 Å². The molecule has 0 radical (unpaired) electrons. The number of pyridine rings is 1. The fraction of sp³-hybridized carbons (Fsp3) is 0.385. The highest BCUT2D eigenvalue weighted by molar-refractivity contribution is 5.97. The third kappa shape index (κ3) is 4.55. The minimum atomic E-state index is -0.345. The standard InChI is InChI=1S/C22H22N2O3.C4H9N/c1-14-7-8-15(26-2)13-17(14)21(25)24-22(11-12-22)18-5-4-6-19-16(18)9-10-20(23-19)27-3;1-5-3-2-4-5/h4-10,13H,11-12H2,1-3H3,(H,24,25);2-4H2,1H3. The summed E-state index contributed by atoms with van der Waals surface area (Å²) in [6.07, 6.45) is 3.23. The Morgan fingerprint density at radius 1 is 1.06 bits per heavy atom. The lowest BCUT2D eigenvalue weighted by Gasteiger charge is -2.24. The smallest absolute Gasteiger partial charge is 0.252 e. The van der Waals surface area contributed by atoms with Gasteiger partial charge in [0.15, 0.2) is 0 Å². The quantitative estimate of drug-likeness (QED) is 0.650. The van der Waals surface area contributed by atoms with Gasteiger partial charge in [-0.25, -0.2) is 4.98 Å². The van der Waals surface area contributed by atoms with Crippen LogP contribution in [0.3, 0.4) is 0 Å². The highest BCUT2D eigenvalue weighted by Crippen LogP contribution is 2.48. The number of nitrogens with one attached hydrogen (secondary N) is 1. The third-order valence-corrected chi connectivity index (χ3v) is 6.30. The summed E-state index contributed by atoms with van der Waals surface area (Å²) in [4.78, 5) is 19.8. The minimum Gasteiger partial charge on any atom is -0.497 e. The van der Waals surface area contributed by atoms with E-state index in [1.807, 2.05) is 43.3 Å². The zero-order valence-electron chi connectivity index (χ0n) is 19.3. The molecular weight excluding hydrogens is 402 g/mol. The van der Waals surface area contributed by atoms with E-state index in [9.17, 15) is 4.79 Å². The van der Waals surface area contributed by atoms with Crippen LogP contribution in [0.2, 0.25) is 0 Å². The Morgan fingerprint density at radius 2 is 1.81 bits per heavy atom. The van der Waals surface area contributed by atoms with Crippen LogP contribution >= 0.6 is 0 Å². The molecule has 1 N–H and O–H groups in total. The van der Waals surface area contributed by atoms with E-state index in [2.05, 4.69) is 28.3 Å². The van der Waals surface area contributed by atoms with E-state index >= 15 is 0 Å². The molecule has 2 fully saturated rings. The normalized spacial score (nSPS) is 16.4. The van der Waals surface area contributed by atoms with Crippen molar-refractivity contribution in [2.75, 3.05) is 34.4 Å². The summed E-state index contributed by atoms with van der Waals surface area (Å²) in [5, 5.41) is 4.30. The van der Waals surface area contributed by atoms with Crippen molar-refractivity contribution < 1.29 is 14.3 Å². The number of carbonyl (C=O) groups is 1. The van der Waals surface area contributed by atoms with Gasteiger partial charge in [-0.15, -0.1) is 0 Å². The number of nitrogens with zero attached hydrogens (tertiary/aromatic N) is 2. The van der Waals surface area contributed by atoms with Gasteiger partial charge in [-0.3, -0.25) is 4.79 Å². The number of carbonyl (C=O) groups excluding carboxylic acids is 1. The molecule has 2 aliphatic rings. The first-order valence-corrected chi connectivity index (χ1v) is 11.1. The summed E-state index contributed by atoms with van der Waals surface area (Å²) in [5.41, 5.74) is 3.19. The van der Waals surface area contributed by atoms with Gasteiger partial charge in [0.1, 0.15) is 5.75 Å². The molecule has 6 heteroatoms. The summed E-state index contributed by atoms with van der Waals surface area (Å²) in [7, 11) is 5.35. The van der Waals surface area contributed by atoms with Crippen LogP contribution in [0.5, 0.6) is 11.6 Å². The lowest BCUT2D eigenvalue weighted by atomic mass is 9.98. The number of amides is 1. The molecule has 0 spiro atoms. The van der Waals surface area contributed by atoms with Crippen LogP contribution in [-0.2, 0) is 5.54 Å². The Labute approximate surface area is 189 Å². The maximum Gasteiger partial charge on any atom is 0.252 e. The minimum absolute atomic E-state index is 0.0811. The number of likely N-dealkylation sites (tertiary alicyclic amines) is 1. The van der Waals surface area contributed by atoms with Crippen molar-refractivity contribution in [2.24, 2.45) is 0 Å². The van der Waals surface area contributed by atoms with Crippen LogP contribution < -0.4 is 14.8 Å². The Bertz CT molecular complexity index is 1120. The number of aryl methyl sites for hydroxylation is 1. The van der Waals surface area contributed by atoms with Gasteiger partial charge >= 0.3 is 0 Å². The summed E-state index contributed by atoms with van der Waals surface area (Å²) in [6.45, 7) is 4.57. The molecule has 0 unspecified atom stereocenters. The van der Waals surface area contributed by atoms with E-state index in [0.717, 1.165) is 34.9 Å². The van der Waals surface area contributed by atoms with Crippen LogP contribution in [0.4, 0.5) is 0 Å². The van der Waals surface area contributed by atoms with Crippen molar-refractivity contribution in [3.63, 3.8) is 0 Å². The first-order chi connectivity index (χ1) is 15.5. The van der Waals surface area contributed by atoms with Gasteiger partial charge in [-0.2, -0.15) is 0 Å². The highest BCUT2D eigenvalue weighted by atomic mass is 16.5. The van der Waals surface area contributed by atoms with Gasteiger partial charge in [-0.05, 0) is 81.7 Å². The fourth-order valence-electron chi connectivity index (χ4n) is 3.99. The topological polar surface area (TPSA) is 63.7 Å². The Morgan fingerprint density at radius 3 is 2.41 bits per heavy atom. The molecule has 168 valence electrons. The van der Waals surface area contributed by atoms with E-state index in [1.54, 1.807) is 20.3 Å². The van der Waals surface area contributed by atoms with Crippen molar-refractivity contribution in [1.29, 1.82) is 0 Å². The van der Waals surface area contributed by atoms with Crippen molar-refractivity contribution in [3.8, 4) is 11.6 Å². The first-order valence-electron chi connectivity index (χ1n) is 11.1. The van der Waals surface area contributed by atoms with Crippen LogP contribution in [0, 0.1) is 6.92 Å². The first kappa shape index (κ1) is 22.1. The molecule has 2 heterocycles. The molecule has 0 bridgehead atoms. The van der Waals surface area contributed by atoms with Crippen LogP contribution in [-0.4, -0.2) is 50.1 Å². The van der Waals surface area contributed by atoms with Crippen LogP contribution in [0.15, 0.2) is 48.5 Å². The molecule has 32 heavy (non-hydrogen) atoms. The van der Waals surface area contributed by atoms with E-state index in [-0.39, 0.29) is 11.4 Å². The molecular formula is C26H31N3O3. The molecule has 3 aromatic rings. The number of methoxy groups -OCH3 is 2. The van der Waals surface area contributed by atoms with Crippen LogP contribution in [0.1, 0.15) is 40.7 Å². The number of aromatic nitrogens is 1. The van der Waals surface area contributed by atoms with Gasteiger partial charge in [0.2, 0.25) is 5.88 Å². The molecule has 1 aliphatic carbocycles. The van der Waals surface area contributed by atoms with E-state index in [4.69, 9.17) is 9.47 Å². The second-order valence-electron chi connectivity index (χ2n) is 8.60. The summed E-state index contributed by atoms with van der Waals surface area (Å²) in [6, 6.07) is 15.4. The summed E-state index contributed by atoms with van der Waals surface area (Å²) in [5.74, 6) is 1.18. The average Bonchev–Trinajstić information content (AvgIpc) is 3.57. The maximum absolute atomic E-state index is 13.0. The molecule has 1 saturated carbocycles. The van der Waals surface area contributed by atoms with Crippen LogP contribution in [0.25, 0.3) is 10.9 Å². The number of hydrogen-bond donors (Lipinski definition) is 1. The molecule has 5 rings (SSSR count). The number of benzene rings is 2. The molecule has 6 nitrogen and oxygen atoms in total.